The number of carbonyl (C=O) groups excluding carboxylic acids is 1. The third kappa shape index (κ3) is 6.16. The van der Waals surface area contributed by atoms with E-state index in [1.54, 1.807) is 31.2 Å². The molecule has 1 unspecified atom stereocenters. The molecule has 0 radical (unpaired) electrons. The van der Waals surface area contributed by atoms with Crippen molar-refractivity contribution in [1.82, 2.24) is 0 Å². The Balaban J connectivity index is 1.83. The van der Waals surface area contributed by atoms with Gasteiger partial charge in [-0.1, -0.05) is 85.8 Å². The maximum absolute atomic E-state index is 13.4. The monoisotopic (exact) mass is 414 g/mol. The van der Waals surface area contributed by atoms with E-state index < -0.39 is 11.9 Å². The van der Waals surface area contributed by atoms with E-state index in [9.17, 15) is 14.7 Å². The Morgan fingerprint density at radius 1 is 0.935 bits per heavy atom. The fourth-order valence-electron chi connectivity index (χ4n) is 3.40. The van der Waals surface area contributed by atoms with E-state index >= 15 is 0 Å². The molecule has 4 heteroatoms. The Morgan fingerprint density at radius 3 is 2.26 bits per heavy atom. The summed E-state index contributed by atoms with van der Waals surface area (Å²) in [6.07, 6.45) is 2.40. The lowest BCUT2D eigenvalue weighted by molar-refractivity contribution is -0.132. The first-order chi connectivity index (χ1) is 15.1. The summed E-state index contributed by atoms with van der Waals surface area (Å²) in [4.78, 5) is 24.8. The van der Waals surface area contributed by atoms with Gasteiger partial charge >= 0.3 is 5.97 Å². The molecule has 4 nitrogen and oxygen atoms in total. The maximum atomic E-state index is 13.4. The van der Waals surface area contributed by atoms with E-state index in [1.165, 1.54) is 0 Å². The number of aliphatic carboxylic acids is 1. The molecule has 0 spiro atoms. The van der Waals surface area contributed by atoms with Gasteiger partial charge in [-0.05, 0) is 36.1 Å². The van der Waals surface area contributed by atoms with E-state index in [0.717, 1.165) is 11.1 Å². The van der Waals surface area contributed by atoms with E-state index in [1.807, 2.05) is 66.7 Å². The number of carboxylic acids is 1. The lowest BCUT2D eigenvalue weighted by atomic mass is 9.87. The molecule has 0 fully saturated rings. The Hall–Kier alpha value is -3.66. The van der Waals surface area contributed by atoms with Crippen LogP contribution in [0.4, 0.5) is 0 Å². The third-order valence-electron chi connectivity index (χ3n) is 5.14. The van der Waals surface area contributed by atoms with E-state index in [4.69, 9.17) is 4.74 Å². The standard InChI is InChI=1S/C27H26O4/c1-2-21(27(29)30)16-17-25(22-12-7-4-8-13-22)26(28)23-14-9-15-24(18-23)31-19-20-10-5-3-6-11-20/h3-16,18,25H,2,17,19H2,1H3,(H,29,30). The average molecular weight is 415 g/mol. The number of rotatable bonds is 10. The van der Waals surface area contributed by atoms with Crippen molar-refractivity contribution in [3.8, 4) is 5.75 Å². The van der Waals surface area contributed by atoms with Crippen LogP contribution in [0.3, 0.4) is 0 Å². The molecule has 3 aromatic carbocycles. The van der Waals surface area contributed by atoms with Crippen LogP contribution in [-0.4, -0.2) is 16.9 Å². The van der Waals surface area contributed by atoms with Gasteiger partial charge in [-0.3, -0.25) is 4.79 Å². The molecule has 0 aliphatic carbocycles. The van der Waals surface area contributed by atoms with Crippen LogP contribution < -0.4 is 4.74 Å². The summed E-state index contributed by atoms with van der Waals surface area (Å²) in [5.41, 5.74) is 2.77. The van der Waals surface area contributed by atoms with Crippen LogP contribution in [0.2, 0.25) is 0 Å². The van der Waals surface area contributed by atoms with Crippen LogP contribution >= 0.6 is 0 Å². The molecule has 0 aliphatic heterocycles. The molecule has 1 N–H and O–H groups in total. The number of ketones is 1. The molecule has 1 atom stereocenters. The highest BCUT2D eigenvalue weighted by atomic mass is 16.5. The summed E-state index contributed by atoms with van der Waals surface area (Å²) >= 11 is 0. The largest absolute Gasteiger partial charge is 0.489 e. The lowest BCUT2D eigenvalue weighted by Gasteiger charge is -2.16. The number of allylic oxidation sites excluding steroid dienone is 1. The fourth-order valence-corrected chi connectivity index (χ4v) is 3.40. The minimum Gasteiger partial charge on any atom is -0.489 e. The van der Waals surface area contributed by atoms with Crippen molar-refractivity contribution < 1.29 is 19.4 Å². The van der Waals surface area contributed by atoms with Crippen LogP contribution in [0.15, 0.2) is 96.6 Å². The quantitative estimate of drug-likeness (QED) is 0.324. The SMILES string of the molecule is CCC(=CCC(C(=O)c1cccc(OCc2ccccc2)c1)c1ccccc1)C(=O)O. The summed E-state index contributed by atoms with van der Waals surface area (Å²) in [5, 5.41) is 9.33. The van der Waals surface area contributed by atoms with Gasteiger partial charge in [0.2, 0.25) is 0 Å². The molecule has 0 aliphatic rings. The molecule has 158 valence electrons. The molecule has 0 saturated heterocycles. The second-order valence-electron chi connectivity index (χ2n) is 7.25. The summed E-state index contributed by atoms with van der Waals surface area (Å²) in [5.74, 6) is -0.852. The van der Waals surface area contributed by atoms with E-state index in [0.29, 0.717) is 36.3 Å². The minimum absolute atomic E-state index is 0.0616. The molecule has 0 aromatic heterocycles. The Morgan fingerprint density at radius 2 is 1.61 bits per heavy atom. The van der Waals surface area contributed by atoms with Gasteiger partial charge in [-0.25, -0.2) is 4.79 Å². The minimum atomic E-state index is -0.946. The van der Waals surface area contributed by atoms with Gasteiger partial charge in [-0.2, -0.15) is 0 Å². The zero-order chi connectivity index (χ0) is 22.1. The number of carboxylic acid groups (broad SMARTS) is 1. The predicted molar refractivity (Wildman–Crippen MR) is 121 cm³/mol. The zero-order valence-electron chi connectivity index (χ0n) is 17.5. The van der Waals surface area contributed by atoms with Crippen LogP contribution in [0, 0.1) is 0 Å². The average Bonchev–Trinajstić information content (AvgIpc) is 2.81. The summed E-state index contributed by atoms with van der Waals surface area (Å²) in [6.45, 7) is 2.22. The van der Waals surface area contributed by atoms with Gasteiger partial charge in [0, 0.05) is 11.1 Å². The number of carbonyl (C=O) groups is 2. The molecule has 31 heavy (non-hydrogen) atoms. The van der Waals surface area contributed by atoms with Crippen molar-refractivity contribution in [2.75, 3.05) is 0 Å². The first kappa shape index (κ1) is 22.0. The van der Waals surface area contributed by atoms with Gasteiger partial charge in [-0.15, -0.1) is 0 Å². The molecular weight excluding hydrogens is 388 g/mol. The second kappa shape index (κ2) is 10.9. The molecule has 0 heterocycles. The van der Waals surface area contributed by atoms with Crippen molar-refractivity contribution in [1.29, 1.82) is 0 Å². The highest BCUT2D eigenvalue weighted by Gasteiger charge is 2.22. The summed E-state index contributed by atoms with van der Waals surface area (Å²) in [7, 11) is 0. The zero-order valence-corrected chi connectivity index (χ0v) is 17.5. The van der Waals surface area contributed by atoms with E-state index in [2.05, 4.69) is 0 Å². The second-order valence-corrected chi connectivity index (χ2v) is 7.25. The van der Waals surface area contributed by atoms with Crippen molar-refractivity contribution in [3.05, 3.63) is 113 Å². The smallest absolute Gasteiger partial charge is 0.331 e. The predicted octanol–water partition coefficient (Wildman–Crippen LogP) is 6.04. The van der Waals surface area contributed by atoms with Crippen LogP contribution in [0.1, 0.15) is 47.2 Å². The first-order valence-corrected chi connectivity index (χ1v) is 10.4. The summed E-state index contributed by atoms with van der Waals surface area (Å²) < 4.78 is 5.87. The molecule has 0 amide bonds. The van der Waals surface area contributed by atoms with Crippen molar-refractivity contribution in [2.45, 2.75) is 32.3 Å². The lowest BCUT2D eigenvalue weighted by Crippen LogP contribution is -2.13. The number of hydrogen-bond acceptors (Lipinski definition) is 3. The molecule has 3 rings (SSSR count). The normalized spacial score (nSPS) is 12.2. The van der Waals surface area contributed by atoms with Crippen LogP contribution in [-0.2, 0) is 11.4 Å². The van der Waals surface area contributed by atoms with E-state index in [-0.39, 0.29) is 5.78 Å². The maximum Gasteiger partial charge on any atom is 0.331 e. The third-order valence-corrected chi connectivity index (χ3v) is 5.14. The molecule has 3 aromatic rings. The Bertz CT molecular complexity index is 1040. The molecular formula is C27H26O4. The van der Waals surface area contributed by atoms with Gasteiger partial charge in [0.05, 0.1) is 5.92 Å². The summed E-state index contributed by atoms with van der Waals surface area (Å²) in [6, 6.07) is 26.5. The first-order valence-electron chi connectivity index (χ1n) is 10.4. The Labute approximate surface area is 182 Å². The Kier molecular flexibility index (Phi) is 7.77. The number of benzene rings is 3. The topological polar surface area (TPSA) is 63.6 Å². The molecule has 0 saturated carbocycles. The van der Waals surface area contributed by atoms with Crippen molar-refractivity contribution in [2.24, 2.45) is 0 Å². The molecule has 0 bridgehead atoms. The van der Waals surface area contributed by atoms with Gasteiger partial charge < -0.3 is 9.84 Å². The fraction of sp³-hybridized carbons (Fsp3) is 0.185. The van der Waals surface area contributed by atoms with Crippen LogP contribution in [0.25, 0.3) is 0 Å². The van der Waals surface area contributed by atoms with Crippen LogP contribution in [0.5, 0.6) is 5.75 Å². The highest BCUT2D eigenvalue weighted by molar-refractivity contribution is 6.01. The van der Waals surface area contributed by atoms with Crippen molar-refractivity contribution in [3.63, 3.8) is 0 Å². The van der Waals surface area contributed by atoms with Gasteiger partial charge in [0.1, 0.15) is 12.4 Å². The number of ether oxygens (including phenoxy) is 1. The van der Waals surface area contributed by atoms with Gasteiger partial charge in [0.25, 0.3) is 0 Å². The van der Waals surface area contributed by atoms with Gasteiger partial charge in [0.15, 0.2) is 5.78 Å². The number of hydrogen-bond donors (Lipinski definition) is 1. The highest BCUT2D eigenvalue weighted by Crippen LogP contribution is 2.27. The number of Topliss-reactive ketones (excluding diaryl/α,β-unsaturated/α-hetero) is 1. The van der Waals surface area contributed by atoms with Crippen molar-refractivity contribution >= 4 is 11.8 Å².